The molecule has 1 unspecified atom stereocenters. The summed E-state index contributed by atoms with van der Waals surface area (Å²) >= 11 is 0. The van der Waals surface area contributed by atoms with Crippen molar-refractivity contribution in [3.05, 3.63) is 35.1 Å². The molecule has 0 aromatic heterocycles. The number of nitrogens with zero attached hydrogens (tertiary/aromatic N) is 1. The Labute approximate surface area is 122 Å². The monoisotopic (exact) mass is 295 g/mol. The van der Waals surface area contributed by atoms with Gasteiger partial charge in [-0.15, -0.1) is 0 Å². The van der Waals surface area contributed by atoms with E-state index >= 15 is 0 Å². The van der Waals surface area contributed by atoms with Gasteiger partial charge in [0.1, 0.15) is 17.5 Å². The molecule has 1 aliphatic heterocycles. The van der Waals surface area contributed by atoms with Crippen molar-refractivity contribution in [2.75, 3.05) is 0 Å². The van der Waals surface area contributed by atoms with Crippen molar-refractivity contribution in [1.29, 1.82) is 0 Å². The van der Waals surface area contributed by atoms with Crippen molar-refractivity contribution in [1.82, 2.24) is 4.90 Å². The maximum absolute atomic E-state index is 13.2. The maximum Gasteiger partial charge on any atom is 0.411 e. The van der Waals surface area contributed by atoms with E-state index in [9.17, 15) is 19.1 Å². The number of rotatable bonds is 1. The molecule has 0 saturated carbocycles. The Morgan fingerprint density at radius 2 is 2.00 bits per heavy atom. The standard InChI is InChI=1S/C15H18FNO4/c1-15(2,3)21-14(20)17-8-9-4-5-11(16)6-10(9)7-12(17)13(18)19/h4-6,12H,7-8H2,1-3H3,(H,18,19). The van der Waals surface area contributed by atoms with Crippen molar-refractivity contribution in [3.8, 4) is 0 Å². The molecule has 6 heteroatoms. The minimum atomic E-state index is -1.13. The summed E-state index contributed by atoms with van der Waals surface area (Å²) in [5, 5.41) is 9.31. The molecule has 1 heterocycles. The van der Waals surface area contributed by atoms with Crippen LogP contribution in [0.4, 0.5) is 9.18 Å². The van der Waals surface area contributed by atoms with Crippen LogP contribution in [0.5, 0.6) is 0 Å². The number of amides is 1. The van der Waals surface area contributed by atoms with Crippen LogP contribution in [0.25, 0.3) is 0 Å². The minimum Gasteiger partial charge on any atom is -0.480 e. The first-order chi connectivity index (χ1) is 9.67. The fourth-order valence-electron chi connectivity index (χ4n) is 2.28. The van der Waals surface area contributed by atoms with Gasteiger partial charge in [-0.3, -0.25) is 4.90 Å². The number of carbonyl (C=O) groups excluding carboxylic acids is 1. The van der Waals surface area contributed by atoms with E-state index in [1.165, 1.54) is 17.0 Å². The van der Waals surface area contributed by atoms with Crippen LogP contribution in [-0.4, -0.2) is 33.7 Å². The van der Waals surface area contributed by atoms with Gasteiger partial charge in [0.05, 0.1) is 6.54 Å². The van der Waals surface area contributed by atoms with Crippen LogP contribution in [0, 0.1) is 5.82 Å². The molecule has 0 spiro atoms. The molecule has 2 rings (SSSR count). The lowest BCUT2D eigenvalue weighted by Crippen LogP contribution is -2.50. The zero-order valence-corrected chi connectivity index (χ0v) is 12.2. The Bertz CT molecular complexity index is 580. The number of carboxylic acids is 1. The second-order valence-electron chi connectivity index (χ2n) is 6.08. The molecular formula is C15H18FNO4. The molecule has 1 aromatic rings. The summed E-state index contributed by atoms with van der Waals surface area (Å²) in [5.74, 6) is -1.54. The second-order valence-corrected chi connectivity index (χ2v) is 6.08. The van der Waals surface area contributed by atoms with Gasteiger partial charge in [0.15, 0.2) is 0 Å². The number of aliphatic carboxylic acids is 1. The highest BCUT2D eigenvalue weighted by atomic mass is 19.1. The van der Waals surface area contributed by atoms with Gasteiger partial charge in [0, 0.05) is 6.42 Å². The maximum atomic E-state index is 13.2. The zero-order valence-electron chi connectivity index (χ0n) is 12.2. The number of hydrogen-bond donors (Lipinski definition) is 1. The molecule has 5 nitrogen and oxygen atoms in total. The van der Waals surface area contributed by atoms with E-state index in [1.807, 2.05) is 0 Å². The van der Waals surface area contributed by atoms with E-state index in [4.69, 9.17) is 4.74 Å². The third-order valence-corrected chi connectivity index (χ3v) is 3.21. The van der Waals surface area contributed by atoms with Gasteiger partial charge in [-0.1, -0.05) is 6.07 Å². The van der Waals surface area contributed by atoms with Crippen LogP contribution >= 0.6 is 0 Å². The average molecular weight is 295 g/mol. The number of ether oxygens (including phenoxy) is 1. The van der Waals surface area contributed by atoms with Crippen LogP contribution < -0.4 is 0 Å². The number of fused-ring (bicyclic) bond motifs is 1. The Hall–Kier alpha value is -2.11. The molecule has 1 aromatic carbocycles. The summed E-state index contributed by atoms with van der Waals surface area (Å²) in [6.07, 6.45) is -0.605. The normalized spacial score (nSPS) is 18.1. The SMILES string of the molecule is CC(C)(C)OC(=O)N1Cc2ccc(F)cc2CC1C(=O)O. The molecule has 1 atom stereocenters. The summed E-state index contributed by atoms with van der Waals surface area (Å²) in [4.78, 5) is 24.7. The highest BCUT2D eigenvalue weighted by Crippen LogP contribution is 2.26. The molecule has 0 saturated heterocycles. The molecule has 1 amide bonds. The lowest BCUT2D eigenvalue weighted by molar-refractivity contribution is -0.143. The minimum absolute atomic E-state index is 0.0711. The highest BCUT2D eigenvalue weighted by molar-refractivity contribution is 5.81. The van der Waals surface area contributed by atoms with E-state index in [1.54, 1.807) is 26.8 Å². The van der Waals surface area contributed by atoms with E-state index in [2.05, 4.69) is 0 Å². The van der Waals surface area contributed by atoms with Crippen molar-refractivity contribution in [2.45, 2.75) is 45.4 Å². The Balaban J connectivity index is 2.30. The fraction of sp³-hybridized carbons (Fsp3) is 0.467. The van der Waals surface area contributed by atoms with Crippen molar-refractivity contribution in [2.24, 2.45) is 0 Å². The van der Waals surface area contributed by atoms with Gasteiger partial charge in [-0.25, -0.2) is 14.0 Å². The molecular weight excluding hydrogens is 277 g/mol. The van der Waals surface area contributed by atoms with Crippen LogP contribution in [0.3, 0.4) is 0 Å². The van der Waals surface area contributed by atoms with Gasteiger partial charge >= 0.3 is 12.1 Å². The Kier molecular flexibility index (Phi) is 3.89. The van der Waals surface area contributed by atoms with Crippen molar-refractivity contribution in [3.63, 3.8) is 0 Å². The molecule has 0 aliphatic carbocycles. The van der Waals surface area contributed by atoms with Crippen molar-refractivity contribution >= 4 is 12.1 Å². The lowest BCUT2D eigenvalue weighted by Gasteiger charge is -2.35. The summed E-state index contributed by atoms with van der Waals surface area (Å²) in [7, 11) is 0. The zero-order chi connectivity index (χ0) is 15.8. The predicted octanol–water partition coefficient (Wildman–Crippen LogP) is 2.57. The molecule has 0 radical (unpaired) electrons. The molecule has 114 valence electrons. The number of benzene rings is 1. The van der Waals surface area contributed by atoms with E-state index in [0.29, 0.717) is 5.56 Å². The first-order valence-electron chi connectivity index (χ1n) is 6.67. The molecule has 1 aliphatic rings. The average Bonchev–Trinajstić information content (AvgIpc) is 2.34. The largest absolute Gasteiger partial charge is 0.480 e. The van der Waals surface area contributed by atoms with Gasteiger partial charge in [0.25, 0.3) is 0 Å². The molecule has 0 fully saturated rings. The summed E-state index contributed by atoms with van der Waals surface area (Å²) in [6, 6.07) is 3.14. The second kappa shape index (κ2) is 5.35. The first-order valence-corrected chi connectivity index (χ1v) is 6.67. The van der Waals surface area contributed by atoms with Crippen molar-refractivity contribution < 1.29 is 23.8 Å². The van der Waals surface area contributed by atoms with Gasteiger partial charge < -0.3 is 9.84 Å². The predicted molar refractivity (Wildman–Crippen MR) is 73.3 cm³/mol. The smallest absolute Gasteiger partial charge is 0.411 e. The molecule has 1 N–H and O–H groups in total. The Morgan fingerprint density at radius 3 is 2.57 bits per heavy atom. The van der Waals surface area contributed by atoms with Crippen LogP contribution in [0.2, 0.25) is 0 Å². The van der Waals surface area contributed by atoms with Gasteiger partial charge in [0.2, 0.25) is 0 Å². The van der Waals surface area contributed by atoms with Gasteiger partial charge in [-0.05, 0) is 44.0 Å². The molecule has 21 heavy (non-hydrogen) atoms. The summed E-state index contributed by atoms with van der Waals surface area (Å²) < 4.78 is 18.5. The topological polar surface area (TPSA) is 66.8 Å². The van der Waals surface area contributed by atoms with E-state index in [0.717, 1.165) is 5.56 Å². The summed E-state index contributed by atoms with van der Waals surface area (Å²) in [5.41, 5.74) is 0.644. The molecule has 0 bridgehead atoms. The van der Waals surface area contributed by atoms with Crippen LogP contribution in [0.1, 0.15) is 31.9 Å². The fourth-order valence-corrected chi connectivity index (χ4v) is 2.28. The number of carboxylic acid groups (broad SMARTS) is 1. The third-order valence-electron chi connectivity index (χ3n) is 3.21. The van der Waals surface area contributed by atoms with Crippen LogP contribution in [0.15, 0.2) is 18.2 Å². The number of halogens is 1. The summed E-state index contributed by atoms with van der Waals surface area (Å²) in [6.45, 7) is 5.25. The van der Waals surface area contributed by atoms with E-state index < -0.39 is 29.5 Å². The third kappa shape index (κ3) is 3.51. The number of carbonyl (C=O) groups is 2. The number of hydrogen-bond acceptors (Lipinski definition) is 3. The quantitative estimate of drug-likeness (QED) is 0.864. The first kappa shape index (κ1) is 15.3. The highest BCUT2D eigenvalue weighted by Gasteiger charge is 2.37. The van der Waals surface area contributed by atoms with Crippen LogP contribution in [-0.2, 0) is 22.5 Å². The lowest BCUT2D eigenvalue weighted by atomic mass is 9.94. The van der Waals surface area contributed by atoms with E-state index in [-0.39, 0.29) is 13.0 Å². The van der Waals surface area contributed by atoms with Gasteiger partial charge in [-0.2, -0.15) is 0 Å². The Morgan fingerprint density at radius 1 is 1.33 bits per heavy atom.